The summed E-state index contributed by atoms with van der Waals surface area (Å²) in [5.74, 6) is 2.55. The molecule has 0 atom stereocenters. The molecule has 1 heterocycles. The standard InChI is InChI=1S/C16H23ClN6/c1-5-18-16(19-10-15-21-20-12(2)23(15)4)22(3)11-13-7-6-8-14(17)9-13/h6-9H,5,10-11H2,1-4H3,(H,18,19). The first kappa shape index (κ1) is 17.3. The van der Waals surface area contributed by atoms with Gasteiger partial charge in [-0.15, -0.1) is 10.2 Å². The Morgan fingerprint density at radius 1 is 1.39 bits per heavy atom. The van der Waals surface area contributed by atoms with E-state index in [1.165, 1.54) is 0 Å². The number of hydrogen-bond donors (Lipinski definition) is 1. The Kier molecular flexibility index (Phi) is 5.98. The summed E-state index contributed by atoms with van der Waals surface area (Å²) in [5.41, 5.74) is 1.14. The van der Waals surface area contributed by atoms with Gasteiger partial charge < -0.3 is 14.8 Å². The smallest absolute Gasteiger partial charge is 0.194 e. The number of aromatic nitrogens is 3. The minimum atomic E-state index is 0.486. The summed E-state index contributed by atoms with van der Waals surface area (Å²) in [6.07, 6.45) is 0. The number of halogens is 1. The molecule has 23 heavy (non-hydrogen) atoms. The van der Waals surface area contributed by atoms with Crippen LogP contribution < -0.4 is 5.32 Å². The van der Waals surface area contributed by atoms with Crippen LogP contribution in [-0.4, -0.2) is 39.2 Å². The van der Waals surface area contributed by atoms with E-state index in [2.05, 4.69) is 38.4 Å². The molecule has 0 aliphatic carbocycles. The van der Waals surface area contributed by atoms with Gasteiger partial charge in [0, 0.05) is 32.2 Å². The second kappa shape index (κ2) is 7.97. The zero-order chi connectivity index (χ0) is 16.8. The Labute approximate surface area is 142 Å². The van der Waals surface area contributed by atoms with Gasteiger partial charge in [-0.3, -0.25) is 0 Å². The van der Waals surface area contributed by atoms with E-state index in [1.54, 1.807) is 0 Å². The molecule has 0 saturated heterocycles. The molecule has 2 rings (SSSR count). The number of rotatable bonds is 5. The maximum absolute atomic E-state index is 6.05. The average molecular weight is 335 g/mol. The zero-order valence-electron chi connectivity index (χ0n) is 14.0. The maximum Gasteiger partial charge on any atom is 0.194 e. The van der Waals surface area contributed by atoms with Crippen LogP contribution >= 0.6 is 11.6 Å². The monoisotopic (exact) mass is 334 g/mol. The molecule has 1 aromatic heterocycles. The molecule has 6 nitrogen and oxygen atoms in total. The lowest BCUT2D eigenvalue weighted by Crippen LogP contribution is -2.38. The highest BCUT2D eigenvalue weighted by molar-refractivity contribution is 6.30. The highest BCUT2D eigenvalue weighted by Gasteiger charge is 2.09. The SMILES string of the molecule is CCNC(=NCc1nnc(C)n1C)N(C)Cc1cccc(Cl)c1. The molecule has 0 bridgehead atoms. The van der Waals surface area contributed by atoms with Crippen LogP contribution in [0.1, 0.15) is 24.1 Å². The Balaban J connectivity index is 2.10. The van der Waals surface area contributed by atoms with E-state index in [0.717, 1.165) is 41.3 Å². The topological polar surface area (TPSA) is 58.3 Å². The highest BCUT2D eigenvalue weighted by Crippen LogP contribution is 2.12. The summed E-state index contributed by atoms with van der Waals surface area (Å²) in [6.45, 7) is 5.99. The van der Waals surface area contributed by atoms with Crippen LogP contribution in [0.25, 0.3) is 0 Å². The molecular weight excluding hydrogens is 312 g/mol. The number of nitrogens with one attached hydrogen (secondary N) is 1. The van der Waals surface area contributed by atoms with E-state index in [-0.39, 0.29) is 0 Å². The molecule has 0 saturated carbocycles. The molecule has 124 valence electrons. The number of aryl methyl sites for hydroxylation is 1. The van der Waals surface area contributed by atoms with Crippen molar-refractivity contribution in [3.63, 3.8) is 0 Å². The van der Waals surface area contributed by atoms with Crippen molar-refractivity contribution in [3.05, 3.63) is 46.5 Å². The van der Waals surface area contributed by atoms with Gasteiger partial charge in [0.05, 0.1) is 0 Å². The first-order valence-electron chi connectivity index (χ1n) is 7.60. The summed E-state index contributed by atoms with van der Waals surface area (Å²) in [4.78, 5) is 6.72. The van der Waals surface area contributed by atoms with E-state index >= 15 is 0 Å². The minimum absolute atomic E-state index is 0.486. The molecule has 0 aliphatic heterocycles. The van der Waals surface area contributed by atoms with E-state index in [4.69, 9.17) is 11.6 Å². The zero-order valence-corrected chi connectivity index (χ0v) is 14.8. The molecule has 0 fully saturated rings. The third-order valence-electron chi connectivity index (χ3n) is 3.56. The highest BCUT2D eigenvalue weighted by atomic mass is 35.5. The van der Waals surface area contributed by atoms with Crippen LogP contribution in [-0.2, 0) is 20.1 Å². The molecular formula is C16H23ClN6. The molecule has 1 aromatic carbocycles. The average Bonchev–Trinajstić information content (AvgIpc) is 2.83. The fraction of sp³-hybridized carbons (Fsp3) is 0.438. The Morgan fingerprint density at radius 3 is 2.78 bits per heavy atom. The van der Waals surface area contributed by atoms with Crippen molar-refractivity contribution in [2.75, 3.05) is 13.6 Å². The second-order valence-electron chi connectivity index (χ2n) is 5.38. The maximum atomic E-state index is 6.05. The van der Waals surface area contributed by atoms with E-state index < -0.39 is 0 Å². The molecule has 7 heteroatoms. The van der Waals surface area contributed by atoms with Gasteiger partial charge in [0.15, 0.2) is 11.8 Å². The first-order chi connectivity index (χ1) is 11.0. The predicted octanol–water partition coefficient (Wildman–Crippen LogP) is 2.37. The van der Waals surface area contributed by atoms with Crippen molar-refractivity contribution in [3.8, 4) is 0 Å². The van der Waals surface area contributed by atoms with Gasteiger partial charge in [0.25, 0.3) is 0 Å². The number of benzene rings is 1. The van der Waals surface area contributed by atoms with Crippen molar-refractivity contribution in [1.29, 1.82) is 0 Å². The van der Waals surface area contributed by atoms with Crippen LogP contribution in [0.4, 0.5) is 0 Å². The fourth-order valence-electron chi connectivity index (χ4n) is 2.19. The predicted molar refractivity (Wildman–Crippen MR) is 93.5 cm³/mol. The van der Waals surface area contributed by atoms with Crippen LogP contribution in [0.15, 0.2) is 29.3 Å². The van der Waals surface area contributed by atoms with Crippen LogP contribution in [0, 0.1) is 6.92 Å². The summed E-state index contributed by atoms with van der Waals surface area (Å²) in [7, 11) is 3.95. The van der Waals surface area contributed by atoms with Crippen molar-refractivity contribution in [1.82, 2.24) is 25.0 Å². The summed E-state index contributed by atoms with van der Waals surface area (Å²) >= 11 is 6.05. The Hall–Kier alpha value is -2.08. The van der Waals surface area contributed by atoms with E-state index in [1.807, 2.05) is 43.8 Å². The number of aliphatic imine (C=N–C) groups is 1. The third-order valence-corrected chi connectivity index (χ3v) is 3.79. The van der Waals surface area contributed by atoms with Crippen molar-refractivity contribution in [2.45, 2.75) is 26.9 Å². The number of nitrogens with zero attached hydrogens (tertiary/aromatic N) is 5. The molecule has 2 aromatic rings. The normalized spacial score (nSPS) is 11.6. The van der Waals surface area contributed by atoms with Crippen LogP contribution in [0.5, 0.6) is 0 Å². The van der Waals surface area contributed by atoms with Gasteiger partial charge in [-0.2, -0.15) is 0 Å². The summed E-state index contributed by atoms with van der Waals surface area (Å²) < 4.78 is 1.95. The van der Waals surface area contributed by atoms with Gasteiger partial charge in [-0.25, -0.2) is 4.99 Å². The minimum Gasteiger partial charge on any atom is -0.357 e. The van der Waals surface area contributed by atoms with Gasteiger partial charge >= 0.3 is 0 Å². The lowest BCUT2D eigenvalue weighted by Gasteiger charge is -2.22. The van der Waals surface area contributed by atoms with Crippen molar-refractivity contribution in [2.24, 2.45) is 12.0 Å². The first-order valence-corrected chi connectivity index (χ1v) is 7.97. The number of hydrogen-bond acceptors (Lipinski definition) is 3. The lowest BCUT2D eigenvalue weighted by atomic mass is 10.2. The van der Waals surface area contributed by atoms with Crippen LogP contribution in [0.3, 0.4) is 0 Å². The van der Waals surface area contributed by atoms with Gasteiger partial charge in [-0.1, -0.05) is 23.7 Å². The van der Waals surface area contributed by atoms with Crippen molar-refractivity contribution >= 4 is 17.6 Å². The number of guanidine groups is 1. The molecule has 0 unspecified atom stereocenters. The van der Waals surface area contributed by atoms with E-state index in [9.17, 15) is 0 Å². The molecule has 0 aliphatic rings. The summed E-state index contributed by atoms with van der Waals surface area (Å²) in [6, 6.07) is 7.85. The van der Waals surface area contributed by atoms with Crippen molar-refractivity contribution < 1.29 is 0 Å². The third kappa shape index (κ3) is 4.69. The molecule has 0 amide bonds. The quantitative estimate of drug-likeness (QED) is 0.673. The second-order valence-corrected chi connectivity index (χ2v) is 5.82. The van der Waals surface area contributed by atoms with E-state index in [0.29, 0.717) is 6.54 Å². The van der Waals surface area contributed by atoms with Gasteiger partial charge in [0.1, 0.15) is 12.4 Å². The molecule has 0 radical (unpaired) electrons. The summed E-state index contributed by atoms with van der Waals surface area (Å²) in [5, 5.41) is 12.2. The van der Waals surface area contributed by atoms with Gasteiger partial charge in [-0.05, 0) is 31.5 Å². The Bertz CT molecular complexity index is 679. The lowest BCUT2D eigenvalue weighted by molar-refractivity contribution is 0.476. The molecule has 1 N–H and O–H groups in total. The Morgan fingerprint density at radius 2 is 2.17 bits per heavy atom. The molecule has 0 spiro atoms. The van der Waals surface area contributed by atoms with Crippen LogP contribution in [0.2, 0.25) is 5.02 Å². The largest absolute Gasteiger partial charge is 0.357 e. The fourth-order valence-corrected chi connectivity index (χ4v) is 2.40. The van der Waals surface area contributed by atoms with Gasteiger partial charge in [0.2, 0.25) is 0 Å².